The summed E-state index contributed by atoms with van der Waals surface area (Å²) in [6.07, 6.45) is 14.5. The third-order valence-electron chi connectivity index (χ3n) is 15.7. The molecule has 3 N–H and O–H groups in total. The van der Waals surface area contributed by atoms with Crippen LogP contribution in [0.15, 0.2) is 24.3 Å². The van der Waals surface area contributed by atoms with Crippen molar-refractivity contribution in [2.24, 2.45) is 56.7 Å². The number of fused-ring (bicyclic) bond motifs is 7. The molecule has 5 aliphatic rings. The molecule has 1 aromatic carbocycles. The molecule has 5 saturated carbocycles. The zero-order valence-electron chi connectivity index (χ0n) is 28.6. The van der Waals surface area contributed by atoms with E-state index < -0.39 is 5.60 Å². The van der Waals surface area contributed by atoms with Gasteiger partial charge in [-0.15, -0.1) is 0 Å². The number of phenols is 2. The third kappa shape index (κ3) is 4.52. The number of hydrogen-bond acceptors (Lipinski definition) is 5. The van der Waals surface area contributed by atoms with Crippen LogP contribution < -0.4 is 0 Å². The molecule has 1 aromatic rings. The molecule has 0 unspecified atom stereocenters. The van der Waals surface area contributed by atoms with E-state index in [-0.39, 0.29) is 45.2 Å². The molecular weight excluding hydrogens is 548 g/mol. The standard InChI is InChI=1S/C39H58O5/c1-24-33-26-11-13-30-36(5)17-16-31(44-32(42)14-10-25-9-12-27(40)28(41)23-25)34(2,3)29(36)15-18-38(30,7)37(26,6)21-19-35(33,4)20-22-39(24,8)43/h9-10,12,14,23-24,26,29-31,33,40-41,43H,11,13,15-22H2,1-8H3/b14-10+/t24-,26+,29+,30-,31+,33+,35+,36+,37-,38-,39+/m1/s1. The Morgan fingerprint density at radius 1 is 0.818 bits per heavy atom. The lowest BCUT2D eigenvalue weighted by atomic mass is 9.31. The maximum Gasteiger partial charge on any atom is 0.331 e. The summed E-state index contributed by atoms with van der Waals surface area (Å²) in [5, 5.41) is 30.8. The topological polar surface area (TPSA) is 87.0 Å². The molecule has 5 fully saturated rings. The van der Waals surface area contributed by atoms with Crippen molar-refractivity contribution in [1.29, 1.82) is 0 Å². The van der Waals surface area contributed by atoms with E-state index in [1.807, 2.05) is 0 Å². The van der Waals surface area contributed by atoms with Gasteiger partial charge in [0.15, 0.2) is 11.5 Å². The summed E-state index contributed by atoms with van der Waals surface area (Å²) < 4.78 is 6.18. The second-order valence-corrected chi connectivity index (χ2v) is 17.9. The quantitative estimate of drug-likeness (QED) is 0.182. The summed E-state index contributed by atoms with van der Waals surface area (Å²) in [6.45, 7) is 19.6. The minimum Gasteiger partial charge on any atom is -0.504 e. The van der Waals surface area contributed by atoms with Gasteiger partial charge < -0.3 is 20.1 Å². The van der Waals surface area contributed by atoms with E-state index in [0.29, 0.717) is 40.6 Å². The summed E-state index contributed by atoms with van der Waals surface area (Å²) >= 11 is 0. The number of phenolic OH excluding ortho intramolecular Hbond substituents is 2. The molecule has 44 heavy (non-hydrogen) atoms. The van der Waals surface area contributed by atoms with Crippen LogP contribution in [0, 0.1) is 56.7 Å². The number of esters is 1. The van der Waals surface area contributed by atoms with Gasteiger partial charge in [-0.2, -0.15) is 0 Å². The summed E-state index contributed by atoms with van der Waals surface area (Å²) in [5.41, 5.74) is 1.03. The van der Waals surface area contributed by atoms with Crippen LogP contribution in [0.4, 0.5) is 0 Å². The van der Waals surface area contributed by atoms with Gasteiger partial charge in [-0.3, -0.25) is 0 Å². The van der Waals surface area contributed by atoms with Gasteiger partial charge in [0.2, 0.25) is 0 Å². The van der Waals surface area contributed by atoms with Gasteiger partial charge >= 0.3 is 5.97 Å². The van der Waals surface area contributed by atoms with Crippen molar-refractivity contribution < 1.29 is 24.9 Å². The van der Waals surface area contributed by atoms with E-state index in [1.165, 1.54) is 56.7 Å². The number of rotatable bonds is 3. The Kier molecular flexibility index (Phi) is 7.44. The third-order valence-corrected chi connectivity index (χ3v) is 15.7. The van der Waals surface area contributed by atoms with Crippen molar-refractivity contribution in [1.82, 2.24) is 0 Å². The Balaban J connectivity index is 1.22. The molecule has 0 aromatic heterocycles. The molecule has 11 atom stereocenters. The number of ether oxygens (including phenoxy) is 1. The zero-order valence-corrected chi connectivity index (χ0v) is 28.6. The highest BCUT2D eigenvalue weighted by molar-refractivity contribution is 5.87. The highest BCUT2D eigenvalue weighted by atomic mass is 16.5. The van der Waals surface area contributed by atoms with E-state index in [9.17, 15) is 20.1 Å². The molecule has 0 heterocycles. The van der Waals surface area contributed by atoms with Crippen molar-refractivity contribution in [3.8, 4) is 11.5 Å². The number of carbonyl (C=O) groups excluding carboxylic acids is 1. The predicted octanol–water partition coefficient (Wildman–Crippen LogP) is 8.90. The van der Waals surface area contributed by atoms with Crippen molar-refractivity contribution in [3.63, 3.8) is 0 Å². The van der Waals surface area contributed by atoms with E-state index in [2.05, 4.69) is 55.4 Å². The lowest BCUT2D eigenvalue weighted by Gasteiger charge is -2.74. The van der Waals surface area contributed by atoms with Crippen LogP contribution in [-0.4, -0.2) is 33.0 Å². The second-order valence-electron chi connectivity index (χ2n) is 17.9. The Labute approximate surface area is 265 Å². The summed E-state index contributed by atoms with van der Waals surface area (Å²) in [6, 6.07) is 4.52. The average Bonchev–Trinajstić information content (AvgIpc) is 2.94. The fourth-order valence-corrected chi connectivity index (χ4v) is 12.8. The molecule has 0 saturated heterocycles. The summed E-state index contributed by atoms with van der Waals surface area (Å²) in [4.78, 5) is 13.0. The molecule has 5 aliphatic carbocycles. The zero-order chi connectivity index (χ0) is 32.1. The molecule has 5 nitrogen and oxygen atoms in total. The van der Waals surface area contributed by atoms with E-state index in [0.717, 1.165) is 25.7 Å². The van der Waals surface area contributed by atoms with Crippen molar-refractivity contribution in [3.05, 3.63) is 29.8 Å². The maximum atomic E-state index is 13.0. The Morgan fingerprint density at radius 2 is 1.52 bits per heavy atom. The fourth-order valence-electron chi connectivity index (χ4n) is 12.8. The first kappa shape index (κ1) is 32.0. The molecular formula is C39H58O5. The number of aliphatic hydroxyl groups is 1. The van der Waals surface area contributed by atoms with Gasteiger partial charge in [-0.05, 0) is 146 Å². The fraction of sp³-hybridized carbons (Fsp3) is 0.769. The first-order valence-corrected chi connectivity index (χ1v) is 17.5. The lowest BCUT2D eigenvalue weighted by Crippen LogP contribution is -2.68. The molecule has 0 aliphatic heterocycles. The van der Waals surface area contributed by atoms with Crippen molar-refractivity contribution in [2.45, 2.75) is 131 Å². The van der Waals surface area contributed by atoms with Crippen LogP contribution in [0.3, 0.4) is 0 Å². The number of aromatic hydroxyl groups is 2. The van der Waals surface area contributed by atoms with Gasteiger partial charge in [-0.25, -0.2) is 4.79 Å². The van der Waals surface area contributed by atoms with Crippen LogP contribution >= 0.6 is 0 Å². The van der Waals surface area contributed by atoms with Gasteiger partial charge in [0.05, 0.1) is 5.60 Å². The number of benzene rings is 1. The van der Waals surface area contributed by atoms with E-state index in [4.69, 9.17) is 4.74 Å². The Morgan fingerprint density at radius 3 is 2.23 bits per heavy atom. The minimum atomic E-state index is -0.565. The number of hydrogen-bond donors (Lipinski definition) is 3. The maximum absolute atomic E-state index is 13.0. The van der Waals surface area contributed by atoms with Gasteiger partial charge in [0.1, 0.15) is 6.10 Å². The van der Waals surface area contributed by atoms with Crippen LogP contribution in [-0.2, 0) is 9.53 Å². The highest BCUT2D eigenvalue weighted by Crippen LogP contribution is 2.77. The molecule has 0 radical (unpaired) electrons. The average molecular weight is 607 g/mol. The summed E-state index contributed by atoms with van der Waals surface area (Å²) in [5.74, 6) is 1.98. The van der Waals surface area contributed by atoms with E-state index >= 15 is 0 Å². The second kappa shape index (κ2) is 10.2. The Hall–Kier alpha value is -2.01. The van der Waals surface area contributed by atoms with Gasteiger partial charge in [-0.1, -0.05) is 54.5 Å². The van der Waals surface area contributed by atoms with Crippen LogP contribution in [0.5, 0.6) is 11.5 Å². The van der Waals surface area contributed by atoms with Crippen LogP contribution in [0.1, 0.15) is 125 Å². The minimum absolute atomic E-state index is 0.131. The monoisotopic (exact) mass is 606 g/mol. The predicted molar refractivity (Wildman–Crippen MR) is 175 cm³/mol. The van der Waals surface area contributed by atoms with E-state index in [1.54, 1.807) is 12.1 Å². The molecule has 0 amide bonds. The van der Waals surface area contributed by atoms with Crippen molar-refractivity contribution in [2.75, 3.05) is 0 Å². The molecule has 5 heteroatoms. The van der Waals surface area contributed by atoms with Gasteiger partial charge in [0.25, 0.3) is 0 Å². The molecule has 0 bridgehead atoms. The summed E-state index contributed by atoms with van der Waals surface area (Å²) in [7, 11) is 0. The Bertz CT molecular complexity index is 1330. The van der Waals surface area contributed by atoms with Crippen LogP contribution in [0.25, 0.3) is 6.08 Å². The largest absolute Gasteiger partial charge is 0.504 e. The SMILES string of the molecule is C[C@@H]1[C@H]2[C@@H]3CC[C@@H]4[C@@]5(C)CC[C@H](OC(=O)/C=C/c6ccc(O)c(O)c6)C(C)(C)[C@@H]5CC[C@@]4(C)[C@]3(C)CC[C@@]2(C)CC[C@]1(C)O. The molecule has 6 rings (SSSR count). The number of carbonyl (C=O) groups is 1. The highest BCUT2D eigenvalue weighted by Gasteiger charge is 2.70. The molecule has 0 spiro atoms. The smallest absolute Gasteiger partial charge is 0.331 e. The lowest BCUT2D eigenvalue weighted by molar-refractivity contribution is -0.265. The first-order chi connectivity index (χ1) is 20.4. The van der Waals surface area contributed by atoms with Crippen molar-refractivity contribution >= 4 is 12.0 Å². The first-order valence-electron chi connectivity index (χ1n) is 17.5. The molecule has 244 valence electrons. The van der Waals surface area contributed by atoms with Gasteiger partial charge in [0, 0.05) is 11.5 Å². The normalized spacial score (nSPS) is 48.0. The van der Waals surface area contributed by atoms with Crippen LogP contribution in [0.2, 0.25) is 0 Å².